The monoisotopic (exact) mass is 390 g/mol. The molecule has 8 heteroatoms. The van der Waals surface area contributed by atoms with Gasteiger partial charge in [0.25, 0.3) is 0 Å². The van der Waals surface area contributed by atoms with Gasteiger partial charge in [0, 0.05) is 23.3 Å². The Labute approximate surface area is 162 Å². The van der Waals surface area contributed by atoms with Gasteiger partial charge in [-0.1, -0.05) is 27.0 Å². The highest BCUT2D eigenvalue weighted by atomic mass is 16.5. The molecule has 2 N–H and O–H groups in total. The van der Waals surface area contributed by atoms with E-state index in [-0.39, 0.29) is 35.1 Å². The van der Waals surface area contributed by atoms with Crippen LogP contribution in [-0.4, -0.2) is 34.1 Å². The molecule has 28 heavy (non-hydrogen) atoms. The molecule has 0 aliphatic heterocycles. The second-order valence-corrected chi connectivity index (χ2v) is 5.67. The molecule has 0 fully saturated rings. The molecule has 0 aliphatic rings. The van der Waals surface area contributed by atoms with Gasteiger partial charge in [-0.2, -0.15) is 0 Å². The number of hydrogen-bond donors (Lipinski definition) is 2. The molecule has 0 amide bonds. The predicted molar refractivity (Wildman–Crippen MR) is 99.0 cm³/mol. The SMILES string of the molecule is C=CC(=O)OC(CC)c1c(C(=O)O)ccc(C(=O)O)c1C(CC)OC(=O)C=C. The number of hydrogen-bond acceptors (Lipinski definition) is 6. The molecule has 8 nitrogen and oxygen atoms in total. The summed E-state index contributed by atoms with van der Waals surface area (Å²) in [6.07, 6.45) is -0.0221. The molecule has 0 aromatic heterocycles. The van der Waals surface area contributed by atoms with Crippen molar-refractivity contribution in [3.05, 3.63) is 59.7 Å². The number of aromatic carboxylic acids is 2. The zero-order valence-electron chi connectivity index (χ0n) is 15.6. The van der Waals surface area contributed by atoms with E-state index in [1.54, 1.807) is 13.8 Å². The maximum absolute atomic E-state index is 11.8. The summed E-state index contributed by atoms with van der Waals surface area (Å²) < 4.78 is 10.5. The van der Waals surface area contributed by atoms with Gasteiger partial charge < -0.3 is 19.7 Å². The Morgan fingerprint density at radius 1 is 0.857 bits per heavy atom. The highest BCUT2D eigenvalue weighted by Crippen LogP contribution is 2.37. The van der Waals surface area contributed by atoms with Crippen molar-refractivity contribution >= 4 is 23.9 Å². The van der Waals surface area contributed by atoms with E-state index in [1.165, 1.54) is 0 Å². The number of esters is 2. The molecule has 0 radical (unpaired) electrons. The molecular weight excluding hydrogens is 368 g/mol. The first-order valence-electron chi connectivity index (χ1n) is 8.51. The molecule has 0 saturated heterocycles. The van der Waals surface area contributed by atoms with E-state index in [9.17, 15) is 29.4 Å². The number of carbonyl (C=O) groups excluding carboxylic acids is 2. The molecule has 0 aliphatic carbocycles. The quantitative estimate of drug-likeness (QED) is 0.459. The lowest BCUT2D eigenvalue weighted by Gasteiger charge is -2.26. The minimum Gasteiger partial charge on any atom is -0.478 e. The van der Waals surface area contributed by atoms with E-state index in [1.807, 2.05) is 0 Å². The third kappa shape index (κ3) is 5.06. The van der Waals surface area contributed by atoms with Crippen molar-refractivity contribution in [2.75, 3.05) is 0 Å². The highest BCUT2D eigenvalue weighted by Gasteiger charge is 2.32. The van der Waals surface area contributed by atoms with Gasteiger partial charge in [-0.25, -0.2) is 19.2 Å². The molecular formula is C20H22O8. The second kappa shape index (κ2) is 10.1. The van der Waals surface area contributed by atoms with Crippen LogP contribution in [0.25, 0.3) is 0 Å². The minimum atomic E-state index is -1.34. The van der Waals surface area contributed by atoms with Crippen molar-refractivity contribution in [2.45, 2.75) is 38.9 Å². The van der Waals surface area contributed by atoms with Crippen molar-refractivity contribution in [1.29, 1.82) is 0 Å². The summed E-state index contributed by atoms with van der Waals surface area (Å²) >= 11 is 0. The Morgan fingerprint density at radius 3 is 1.39 bits per heavy atom. The van der Waals surface area contributed by atoms with Crippen molar-refractivity contribution < 1.29 is 38.9 Å². The van der Waals surface area contributed by atoms with Crippen LogP contribution < -0.4 is 0 Å². The minimum absolute atomic E-state index is 0.0335. The molecule has 1 rings (SSSR count). The summed E-state index contributed by atoms with van der Waals surface area (Å²) in [5.41, 5.74) is -0.573. The van der Waals surface area contributed by atoms with E-state index in [0.717, 1.165) is 24.3 Å². The van der Waals surface area contributed by atoms with Crippen molar-refractivity contribution in [1.82, 2.24) is 0 Å². The number of carboxylic acid groups (broad SMARTS) is 2. The lowest BCUT2D eigenvalue weighted by molar-refractivity contribution is -0.145. The van der Waals surface area contributed by atoms with Crippen molar-refractivity contribution in [3.8, 4) is 0 Å². The van der Waals surface area contributed by atoms with Crippen LogP contribution in [-0.2, 0) is 19.1 Å². The fourth-order valence-electron chi connectivity index (χ4n) is 2.77. The molecule has 0 spiro atoms. The maximum atomic E-state index is 11.8. The molecule has 1 aromatic rings. The average molecular weight is 390 g/mol. The van der Waals surface area contributed by atoms with Crippen molar-refractivity contribution in [3.63, 3.8) is 0 Å². The van der Waals surface area contributed by atoms with Crippen LogP contribution in [0, 0.1) is 0 Å². The average Bonchev–Trinajstić information content (AvgIpc) is 2.68. The van der Waals surface area contributed by atoms with E-state index in [0.29, 0.717) is 0 Å². The third-order valence-corrected chi connectivity index (χ3v) is 3.98. The molecule has 0 heterocycles. The maximum Gasteiger partial charge on any atom is 0.336 e. The van der Waals surface area contributed by atoms with Crippen LogP contribution >= 0.6 is 0 Å². The van der Waals surface area contributed by atoms with Gasteiger partial charge in [0.05, 0.1) is 11.1 Å². The number of ether oxygens (including phenoxy) is 2. The highest BCUT2D eigenvalue weighted by molar-refractivity contribution is 5.96. The van der Waals surface area contributed by atoms with Crippen molar-refractivity contribution in [2.24, 2.45) is 0 Å². The predicted octanol–water partition coefficient (Wildman–Crippen LogP) is 3.44. The Balaban J connectivity index is 3.86. The number of carboxylic acids is 2. The van der Waals surface area contributed by atoms with Gasteiger partial charge in [0.2, 0.25) is 0 Å². The Hall–Kier alpha value is -3.42. The normalized spacial score (nSPS) is 12.4. The lowest BCUT2D eigenvalue weighted by atomic mass is 9.87. The zero-order chi connectivity index (χ0) is 21.4. The Morgan fingerprint density at radius 2 is 1.18 bits per heavy atom. The summed E-state index contributed by atoms with van der Waals surface area (Å²) in [6, 6.07) is 2.24. The van der Waals surface area contributed by atoms with Gasteiger partial charge >= 0.3 is 23.9 Å². The Kier molecular flexibility index (Phi) is 8.12. The smallest absolute Gasteiger partial charge is 0.336 e. The summed E-state index contributed by atoms with van der Waals surface area (Å²) in [7, 11) is 0. The van der Waals surface area contributed by atoms with Gasteiger partial charge in [-0.15, -0.1) is 0 Å². The zero-order valence-corrected chi connectivity index (χ0v) is 15.6. The number of benzene rings is 1. The third-order valence-electron chi connectivity index (χ3n) is 3.98. The van der Waals surface area contributed by atoms with E-state index in [4.69, 9.17) is 9.47 Å². The molecule has 2 atom stereocenters. The summed E-state index contributed by atoms with van der Waals surface area (Å²) in [5, 5.41) is 19.2. The molecule has 150 valence electrons. The van der Waals surface area contributed by atoms with Gasteiger partial charge in [-0.05, 0) is 25.0 Å². The van der Waals surface area contributed by atoms with Crippen LogP contribution in [0.2, 0.25) is 0 Å². The number of carbonyl (C=O) groups is 4. The largest absolute Gasteiger partial charge is 0.478 e. The summed E-state index contributed by atoms with van der Waals surface area (Å²) in [5.74, 6) is -4.28. The summed E-state index contributed by atoms with van der Waals surface area (Å²) in [4.78, 5) is 47.0. The van der Waals surface area contributed by atoms with Crippen LogP contribution in [0.4, 0.5) is 0 Å². The number of rotatable bonds is 10. The first-order chi connectivity index (χ1) is 13.2. The summed E-state index contributed by atoms with van der Waals surface area (Å²) in [6.45, 7) is 9.89. The second-order valence-electron chi connectivity index (χ2n) is 5.67. The molecule has 1 aromatic carbocycles. The molecule has 2 unspecified atom stereocenters. The molecule has 0 bridgehead atoms. The molecule has 0 saturated carbocycles. The van der Waals surface area contributed by atoms with E-state index in [2.05, 4.69) is 13.2 Å². The van der Waals surface area contributed by atoms with Gasteiger partial charge in [-0.3, -0.25) is 0 Å². The Bertz CT molecular complexity index is 742. The fourth-order valence-corrected chi connectivity index (χ4v) is 2.77. The standard InChI is InChI=1S/C20H22O8/c1-5-13(27-15(21)7-3)17-11(19(23)24)9-10-12(20(25)26)18(17)14(6-2)28-16(22)8-4/h7-10,13-14H,3-6H2,1-2H3,(H,23,24)(H,25,26). The van der Waals surface area contributed by atoms with Gasteiger partial charge in [0.1, 0.15) is 12.2 Å². The first kappa shape index (κ1) is 22.6. The van der Waals surface area contributed by atoms with Crippen LogP contribution in [0.1, 0.15) is 70.7 Å². The van der Waals surface area contributed by atoms with E-state index >= 15 is 0 Å². The van der Waals surface area contributed by atoms with Gasteiger partial charge in [0.15, 0.2) is 0 Å². The fraction of sp³-hybridized carbons (Fsp3) is 0.300. The lowest BCUT2D eigenvalue weighted by Crippen LogP contribution is -2.22. The van der Waals surface area contributed by atoms with Crippen LogP contribution in [0.15, 0.2) is 37.4 Å². The van der Waals surface area contributed by atoms with Crippen LogP contribution in [0.5, 0.6) is 0 Å². The van der Waals surface area contributed by atoms with Crippen LogP contribution in [0.3, 0.4) is 0 Å². The van der Waals surface area contributed by atoms with E-state index < -0.39 is 36.1 Å². The first-order valence-corrected chi connectivity index (χ1v) is 8.51. The topological polar surface area (TPSA) is 127 Å².